The quantitative estimate of drug-likeness (QED) is 0.728. The van der Waals surface area contributed by atoms with E-state index in [-0.39, 0.29) is 10.8 Å². The minimum absolute atomic E-state index is 0.131. The summed E-state index contributed by atoms with van der Waals surface area (Å²) in [6.45, 7) is 0.621. The van der Waals surface area contributed by atoms with E-state index in [4.69, 9.17) is 0 Å². The van der Waals surface area contributed by atoms with Crippen LogP contribution in [0.25, 0.3) is 0 Å². The highest BCUT2D eigenvalue weighted by molar-refractivity contribution is 8.00. The molecular weight excluding hydrogens is 276 g/mol. The first-order valence-electron chi connectivity index (χ1n) is 7.37. The van der Waals surface area contributed by atoms with Crippen LogP contribution in [-0.4, -0.2) is 40.2 Å². The Kier molecular flexibility index (Phi) is 4.83. The van der Waals surface area contributed by atoms with Crippen LogP contribution < -0.4 is 10.6 Å². The first-order chi connectivity index (χ1) is 9.52. The highest BCUT2D eigenvalue weighted by atomic mass is 32.2. The van der Waals surface area contributed by atoms with Gasteiger partial charge in [-0.05, 0) is 38.4 Å². The Hall–Kier alpha value is -0.910. The molecule has 2 amide bonds. The summed E-state index contributed by atoms with van der Waals surface area (Å²) >= 11 is 1.82. The van der Waals surface area contributed by atoms with Crippen molar-refractivity contribution in [2.45, 2.75) is 61.7 Å². The zero-order valence-corrected chi connectivity index (χ0v) is 12.9. The number of amides is 2. The second kappa shape index (κ2) is 6.24. The Morgan fingerprint density at radius 3 is 2.20 bits per heavy atom. The Morgan fingerprint density at radius 2 is 1.75 bits per heavy atom. The molecule has 2 aliphatic carbocycles. The monoisotopic (exact) mass is 300 g/mol. The van der Waals surface area contributed by atoms with Crippen LogP contribution in [0.5, 0.6) is 0 Å². The number of rotatable bonds is 5. The largest absolute Gasteiger partial charge is 0.480 e. The molecule has 5 nitrogen and oxygen atoms in total. The van der Waals surface area contributed by atoms with Crippen LogP contribution in [0.15, 0.2) is 0 Å². The first kappa shape index (κ1) is 15.5. The molecular formula is C14H24N2O3S. The molecule has 0 atom stereocenters. The van der Waals surface area contributed by atoms with E-state index < -0.39 is 11.5 Å². The second-order valence-corrected chi connectivity index (χ2v) is 7.27. The van der Waals surface area contributed by atoms with Crippen LogP contribution in [0, 0.1) is 0 Å². The van der Waals surface area contributed by atoms with Crippen LogP contribution in [-0.2, 0) is 4.79 Å². The molecule has 3 N–H and O–H groups in total. The summed E-state index contributed by atoms with van der Waals surface area (Å²) in [6, 6.07) is -0.342. The van der Waals surface area contributed by atoms with Gasteiger partial charge in [0, 0.05) is 11.3 Å². The van der Waals surface area contributed by atoms with E-state index in [9.17, 15) is 14.7 Å². The molecule has 0 radical (unpaired) electrons. The van der Waals surface area contributed by atoms with Gasteiger partial charge in [-0.25, -0.2) is 9.59 Å². The van der Waals surface area contributed by atoms with Crippen LogP contribution in [0.3, 0.4) is 0 Å². The van der Waals surface area contributed by atoms with E-state index in [0.717, 1.165) is 19.3 Å². The number of carbonyl (C=O) groups is 2. The lowest BCUT2D eigenvalue weighted by Crippen LogP contribution is -2.62. The summed E-state index contributed by atoms with van der Waals surface area (Å²) in [4.78, 5) is 23.2. The van der Waals surface area contributed by atoms with Gasteiger partial charge in [-0.3, -0.25) is 0 Å². The van der Waals surface area contributed by atoms with Crippen LogP contribution in [0.1, 0.15) is 51.4 Å². The molecule has 0 bridgehead atoms. The van der Waals surface area contributed by atoms with Crippen molar-refractivity contribution >= 4 is 23.8 Å². The van der Waals surface area contributed by atoms with E-state index in [0.29, 0.717) is 19.4 Å². The van der Waals surface area contributed by atoms with Crippen LogP contribution >= 0.6 is 11.8 Å². The maximum atomic E-state index is 12.0. The summed E-state index contributed by atoms with van der Waals surface area (Å²) in [5.74, 6) is -0.920. The first-order valence-corrected chi connectivity index (χ1v) is 8.59. The molecule has 0 heterocycles. The third kappa shape index (κ3) is 3.22. The van der Waals surface area contributed by atoms with Crippen molar-refractivity contribution in [1.82, 2.24) is 10.6 Å². The van der Waals surface area contributed by atoms with Crippen LogP contribution in [0.4, 0.5) is 4.79 Å². The van der Waals surface area contributed by atoms with Gasteiger partial charge >= 0.3 is 12.0 Å². The van der Waals surface area contributed by atoms with Crippen molar-refractivity contribution < 1.29 is 14.7 Å². The SMILES string of the molecule is CSC1(CNC(=O)NC2(C(=O)O)CCC2)CCCCC1. The van der Waals surface area contributed by atoms with E-state index in [2.05, 4.69) is 16.9 Å². The lowest BCUT2D eigenvalue weighted by atomic mass is 9.77. The molecule has 0 spiro atoms. The van der Waals surface area contributed by atoms with Crippen molar-refractivity contribution in [3.05, 3.63) is 0 Å². The molecule has 2 saturated carbocycles. The molecule has 0 aromatic carbocycles. The Labute approximate surface area is 124 Å². The molecule has 6 heteroatoms. The van der Waals surface area contributed by atoms with Gasteiger partial charge in [-0.1, -0.05) is 19.3 Å². The molecule has 2 fully saturated rings. The number of aliphatic carboxylic acids is 1. The molecule has 20 heavy (non-hydrogen) atoms. The van der Waals surface area contributed by atoms with E-state index in [1.807, 2.05) is 11.8 Å². The van der Waals surface area contributed by atoms with Crippen molar-refractivity contribution in [2.24, 2.45) is 0 Å². The van der Waals surface area contributed by atoms with Gasteiger partial charge in [0.25, 0.3) is 0 Å². The normalized spacial score (nSPS) is 23.4. The molecule has 0 saturated heterocycles. The van der Waals surface area contributed by atoms with Gasteiger partial charge in [0.2, 0.25) is 0 Å². The average Bonchev–Trinajstić information content (AvgIpc) is 2.41. The average molecular weight is 300 g/mol. The van der Waals surface area contributed by atoms with Crippen molar-refractivity contribution in [3.8, 4) is 0 Å². The zero-order chi connectivity index (χ0) is 14.6. The fourth-order valence-corrected chi connectivity index (χ4v) is 3.99. The fraction of sp³-hybridized carbons (Fsp3) is 0.857. The molecule has 0 aromatic rings. The minimum Gasteiger partial charge on any atom is -0.480 e. The van der Waals surface area contributed by atoms with Crippen molar-refractivity contribution in [1.29, 1.82) is 0 Å². The highest BCUT2D eigenvalue weighted by Gasteiger charge is 2.46. The fourth-order valence-electron chi connectivity index (χ4n) is 3.07. The van der Waals surface area contributed by atoms with Gasteiger partial charge in [-0.15, -0.1) is 0 Å². The third-order valence-electron chi connectivity index (χ3n) is 4.74. The molecule has 0 aliphatic heterocycles. The van der Waals surface area contributed by atoms with Gasteiger partial charge in [0.05, 0.1) is 0 Å². The van der Waals surface area contributed by atoms with Gasteiger partial charge in [0.1, 0.15) is 5.54 Å². The summed E-state index contributed by atoms with van der Waals surface area (Å²) in [7, 11) is 0. The zero-order valence-electron chi connectivity index (χ0n) is 12.0. The number of urea groups is 1. The van der Waals surface area contributed by atoms with E-state index in [1.54, 1.807) is 0 Å². The Morgan fingerprint density at radius 1 is 1.10 bits per heavy atom. The Balaban J connectivity index is 1.84. The summed E-state index contributed by atoms with van der Waals surface area (Å²) < 4.78 is 0.131. The Bertz CT molecular complexity index is 377. The predicted molar refractivity (Wildman–Crippen MR) is 80.1 cm³/mol. The molecule has 114 valence electrons. The second-order valence-electron chi connectivity index (χ2n) is 6.00. The number of carboxylic acid groups (broad SMARTS) is 1. The topological polar surface area (TPSA) is 78.4 Å². The summed E-state index contributed by atoms with van der Waals surface area (Å²) in [5.41, 5.74) is -1.02. The number of hydrogen-bond acceptors (Lipinski definition) is 3. The van der Waals surface area contributed by atoms with Crippen molar-refractivity contribution in [2.75, 3.05) is 12.8 Å². The summed E-state index contributed by atoms with van der Waals surface area (Å²) in [5, 5.41) is 14.7. The van der Waals surface area contributed by atoms with Gasteiger partial charge < -0.3 is 15.7 Å². The van der Waals surface area contributed by atoms with E-state index in [1.165, 1.54) is 19.3 Å². The maximum absolute atomic E-state index is 12.0. The smallest absolute Gasteiger partial charge is 0.329 e. The van der Waals surface area contributed by atoms with Gasteiger partial charge in [-0.2, -0.15) is 11.8 Å². The minimum atomic E-state index is -1.02. The molecule has 0 unspecified atom stereocenters. The van der Waals surface area contributed by atoms with Crippen LogP contribution in [0.2, 0.25) is 0 Å². The number of carboxylic acids is 1. The number of nitrogens with one attached hydrogen (secondary N) is 2. The predicted octanol–water partition coefficient (Wildman–Crippen LogP) is 2.36. The lowest BCUT2D eigenvalue weighted by Gasteiger charge is -2.39. The third-order valence-corrected chi connectivity index (χ3v) is 6.16. The van der Waals surface area contributed by atoms with E-state index >= 15 is 0 Å². The lowest BCUT2D eigenvalue weighted by molar-refractivity contribution is -0.148. The van der Waals surface area contributed by atoms with Crippen molar-refractivity contribution in [3.63, 3.8) is 0 Å². The number of hydrogen-bond donors (Lipinski definition) is 3. The highest BCUT2D eigenvalue weighted by Crippen LogP contribution is 2.38. The molecule has 2 aliphatic rings. The maximum Gasteiger partial charge on any atom is 0.329 e. The number of thioether (sulfide) groups is 1. The number of carbonyl (C=O) groups excluding carboxylic acids is 1. The van der Waals surface area contributed by atoms with Gasteiger partial charge in [0.15, 0.2) is 0 Å². The standard InChI is InChI=1S/C14H24N2O3S/c1-20-13(6-3-2-4-7-13)10-15-12(19)16-14(11(17)18)8-5-9-14/h2-10H2,1H3,(H,17,18)(H2,15,16,19). The summed E-state index contributed by atoms with van der Waals surface area (Å²) in [6.07, 6.45) is 9.96. The molecule has 2 rings (SSSR count). The molecule has 0 aromatic heterocycles.